The minimum Gasteiger partial charge on any atom is -0.378 e. The Kier molecular flexibility index (Phi) is 6.71. The van der Waals surface area contributed by atoms with Crippen LogP contribution in [0.15, 0.2) is 109 Å². The number of anilines is 3. The summed E-state index contributed by atoms with van der Waals surface area (Å²) in [4.78, 5) is 4.80. The fourth-order valence-electron chi connectivity index (χ4n) is 4.47. The molecule has 1 aliphatic heterocycles. The minimum atomic E-state index is -0.689. The number of rotatable bonds is 6. The van der Waals surface area contributed by atoms with Gasteiger partial charge in [-0.1, -0.05) is 91.0 Å². The van der Waals surface area contributed by atoms with Crippen molar-refractivity contribution in [3.8, 4) is 0 Å². The van der Waals surface area contributed by atoms with Crippen LogP contribution in [0.4, 0.5) is 17.1 Å². The molecule has 4 aromatic rings. The SMILES string of the molecule is CN(c1ccccc1N1CCOCC1)c1ccccc1P(c1ccccc1)c1ccccc1. The summed E-state index contributed by atoms with van der Waals surface area (Å²) >= 11 is 0. The third-order valence-corrected chi connectivity index (χ3v) is 8.60. The summed E-state index contributed by atoms with van der Waals surface area (Å²) in [6.45, 7) is 3.41. The standard InChI is InChI=1S/C29H29N2OP/c1-30(26-16-8-9-17-27(26)31-20-22-32-23-21-31)28-18-10-11-19-29(28)33(24-12-4-2-5-13-24)25-14-6-3-7-15-25/h2-19H,20-23H2,1H3. The van der Waals surface area contributed by atoms with Crippen molar-refractivity contribution in [1.29, 1.82) is 0 Å². The van der Waals surface area contributed by atoms with Crippen LogP contribution in [0.3, 0.4) is 0 Å². The molecule has 0 bridgehead atoms. The van der Waals surface area contributed by atoms with Gasteiger partial charge in [0.05, 0.1) is 24.6 Å². The molecule has 1 aliphatic rings. The van der Waals surface area contributed by atoms with E-state index in [1.165, 1.54) is 33.0 Å². The fraction of sp³-hybridized carbons (Fsp3) is 0.172. The van der Waals surface area contributed by atoms with E-state index >= 15 is 0 Å². The summed E-state index contributed by atoms with van der Waals surface area (Å²) in [6.07, 6.45) is 0. The number of hydrogen-bond acceptors (Lipinski definition) is 3. The quantitative estimate of drug-likeness (QED) is 0.381. The second kappa shape index (κ2) is 10.2. The number of ether oxygens (including phenoxy) is 1. The van der Waals surface area contributed by atoms with Crippen molar-refractivity contribution < 1.29 is 4.74 Å². The van der Waals surface area contributed by atoms with Gasteiger partial charge in [-0.05, 0) is 36.7 Å². The summed E-state index contributed by atoms with van der Waals surface area (Å²) in [7, 11) is 1.51. The Bertz CT molecular complexity index is 1140. The van der Waals surface area contributed by atoms with E-state index < -0.39 is 7.92 Å². The van der Waals surface area contributed by atoms with Crippen LogP contribution in [0.25, 0.3) is 0 Å². The molecular weight excluding hydrogens is 423 g/mol. The van der Waals surface area contributed by atoms with Crippen LogP contribution in [0.5, 0.6) is 0 Å². The molecule has 4 aromatic carbocycles. The van der Waals surface area contributed by atoms with Crippen molar-refractivity contribution in [1.82, 2.24) is 0 Å². The van der Waals surface area contributed by atoms with E-state index in [1.54, 1.807) is 0 Å². The van der Waals surface area contributed by atoms with Gasteiger partial charge in [-0.15, -0.1) is 0 Å². The summed E-state index contributed by atoms with van der Waals surface area (Å²) in [5.41, 5.74) is 3.74. The molecule has 166 valence electrons. The van der Waals surface area contributed by atoms with Gasteiger partial charge in [0.25, 0.3) is 0 Å². The highest BCUT2D eigenvalue weighted by atomic mass is 31.1. The molecule has 1 saturated heterocycles. The van der Waals surface area contributed by atoms with Crippen LogP contribution < -0.4 is 25.7 Å². The summed E-state index contributed by atoms with van der Waals surface area (Å²) in [5, 5.41) is 4.09. The van der Waals surface area contributed by atoms with Crippen molar-refractivity contribution in [2.45, 2.75) is 0 Å². The highest BCUT2D eigenvalue weighted by Gasteiger charge is 2.23. The zero-order valence-corrected chi connectivity index (χ0v) is 19.9. The average molecular weight is 453 g/mol. The number of benzene rings is 4. The van der Waals surface area contributed by atoms with Gasteiger partial charge < -0.3 is 14.5 Å². The molecule has 0 saturated carbocycles. The molecule has 4 heteroatoms. The highest BCUT2D eigenvalue weighted by Crippen LogP contribution is 2.40. The Hall–Kier alpha value is -3.13. The van der Waals surface area contributed by atoms with Crippen molar-refractivity contribution in [2.75, 3.05) is 43.2 Å². The van der Waals surface area contributed by atoms with E-state index in [9.17, 15) is 0 Å². The van der Waals surface area contributed by atoms with Gasteiger partial charge in [0.2, 0.25) is 0 Å². The van der Waals surface area contributed by atoms with E-state index in [0.29, 0.717) is 0 Å². The summed E-state index contributed by atoms with van der Waals surface area (Å²) in [5.74, 6) is 0. The van der Waals surface area contributed by atoms with Crippen molar-refractivity contribution in [3.05, 3.63) is 109 Å². The topological polar surface area (TPSA) is 15.7 Å². The largest absolute Gasteiger partial charge is 0.378 e. The summed E-state index contributed by atoms with van der Waals surface area (Å²) < 4.78 is 5.60. The van der Waals surface area contributed by atoms with Crippen LogP contribution in [0, 0.1) is 0 Å². The predicted molar refractivity (Wildman–Crippen MR) is 143 cm³/mol. The summed E-state index contributed by atoms with van der Waals surface area (Å²) in [6, 6.07) is 39.4. The minimum absolute atomic E-state index is 0.689. The van der Waals surface area contributed by atoms with Crippen LogP contribution in [-0.2, 0) is 4.74 Å². The Morgan fingerprint density at radius 1 is 0.636 bits per heavy atom. The molecule has 33 heavy (non-hydrogen) atoms. The Morgan fingerprint density at radius 2 is 1.15 bits per heavy atom. The van der Waals surface area contributed by atoms with Crippen LogP contribution in [-0.4, -0.2) is 33.4 Å². The lowest BCUT2D eigenvalue weighted by Crippen LogP contribution is -2.37. The normalized spacial score (nSPS) is 13.8. The lowest BCUT2D eigenvalue weighted by atomic mass is 10.2. The van der Waals surface area contributed by atoms with Gasteiger partial charge in [0.1, 0.15) is 0 Å². The lowest BCUT2D eigenvalue weighted by molar-refractivity contribution is 0.123. The van der Waals surface area contributed by atoms with Crippen LogP contribution in [0.1, 0.15) is 0 Å². The molecular formula is C29H29N2OP. The Labute approximate surface area is 198 Å². The second-order valence-electron chi connectivity index (χ2n) is 8.14. The Morgan fingerprint density at radius 3 is 1.79 bits per heavy atom. The third-order valence-electron chi connectivity index (χ3n) is 6.11. The van der Waals surface area contributed by atoms with Gasteiger partial charge in [-0.3, -0.25) is 0 Å². The smallest absolute Gasteiger partial charge is 0.0646 e. The van der Waals surface area contributed by atoms with Gasteiger partial charge in [0, 0.05) is 31.1 Å². The van der Waals surface area contributed by atoms with E-state index in [1.807, 2.05) is 0 Å². The molecule has 0 aromatic heterocycles. The molecule has 1 fully saturated rings. The molecule has 3 nitrogen and oxygen atoms in total. The number of para-hydroxylation sites is 3. The average Bonchev–Trinajstić information content (AvgIpc) is 2.90. The first-order valence-electron chi connectivity index (χ1n) is 11.5. The van der Waals surface area contributed by atoms with Crippen molar-refractivity contribution >= 4 is 40.9 Å². The molecule has 5 rings (SSSR count). The van der Waals surface area contributed by atoms with Gasteiger partial charge in [0.15, 0.2) is 0 Å². The molecule has 0 spiro atoms. The van der Waals surface area contributed by atoms with E-state index in [2.05, 4.69) is 126 Å². The van der Waals surface area contributed by atoms with Gasteiger partial charge >= 0.3 is 0 Å². The molecule has 0 radical (unpaired) electrons. The maximum Gasteiger partial charge on any atom is 0.0646 e. The maximum atomic E-state index is 5.60. The zero-order chi connectivity index (χ0) is 22.5. The zero-order valence-electron chi connectivity index (χ0n) is 19.0. The Balaban J connectivity index is 1.61. The lowest BCUT2D eigenvalue weighted by Gasteiger charge is -2.34. The number of hydrogen-bond donors (Lipinski definition) is 0. The number of morpholine rings is 1. The van der Waals surface area contributed by atoms with Crippen molar-refractivity contribution in [3.63, 3.8) is 0 Å². The monoisotopic (exact) mass is 452 g/mol. The first-order valence-corrected chi connectivity index (χ1v) is 12.8. The molecule has 1 heterocycles. The van der Waals surface area contributed by atoms with Crippen molar-refractivity contribution in [2.24, 2.45) is 0 Å². The van der Waals surface area contributed by atoms with Gasteiger partial charge in [-0.25, -0.2) is 0 Å². The van der Waals surface area contributed by atoms with E-state index in [0.717, 1.165) is 26.3 Å². The first-order chi connectivity index (χ1) is 16.3. The first kappa shape index (κ1) is 21.7. The van der Waals surface area contributed by atoms with Gasteiger partial charge in [-0.2, -0.15) is 0 Å². The fourth-order valence-corrected chi connectivity index (χ4v) is 6.95. The molecule has 0 atom stereocenters. The molecule has 0 unspecified atom stereocenters. The van der Waals surface area contributed by atoms with Crippen LogP contribution in [0.2, 0.25) is 0 Å². The highest BCUT2D eigenvalue weighted by molar-refractivity contribution is 7.80. The second-order valence-corrected chi connectivity index (χ2v) is 10.3. The molecule has 0 amide bonds. The predicted octanol–water partition coefficient (Wildman–Crippen LogP) is 5.05. The van der Waals surface area contributed by atoms with E-state index in [-0.39, 0.29) is 0 Å². The third kappa shape index (κ3) is 4.66. The molecule has 0 N–H and O–H groups in total. The van der Waals surface area contributed by atoms with E-state index in [4.69, 9.17) is 4.74 Å². The number of nitrogens with zero attached hydrogens (tertiary/aromatic N) is 2. The molecule has 0 aliphatic carbocycles. The van der Waals surface area contributed by atoms with Crippen LogP contribution >= 0.6 is 7.92 Å². The maximum absolute atomic E-state index is 5.60.